The molecule has 1 aromatic carbocycles. The van der Waals surface area contributed by atoms with Crippen LogP contribution in [-0.4, -0.2) is 80.2 Å². The molecule has 11 heteroatoms. The molecule has 0 aliphatic carbocycles. The topological polar surface area (TPSA) is 124 Å². The highest BCUT2D eigenvalue weighted by molar-refractivity contribution is 7.99. The maximum atomic E-state index is 10.7. The summed E-state index contributed by atoms with van der Waals surface area (Å²) in [5.74, 6) is 1.88. The molecule has 0 spiro atoms. The number of rotatable bonds is 7. The number of fused-ring (bicyclic) bond motifs is 1. The molecule has 2 fully saturated rings. The first-order chi connectivity index (χ1) is 15.6. The molecule has 0 bridgehead atoms. The Morgan fingerprint density at radius 3 is 2.78 bits per heavy atom. The van der Waals surface area contributed by atoms with Crippen molar-refractivity contribution in [2.45, 2.75) is 41.9 Å². The predicted octanol–water partition coefficient (Wildman–Crippen LogP) is 1.45. The van der Waals surface area contributed by atoms with Crippen molar-refractivity contribution in [2.75, 3.05) is 31.4 Å². The van der Waals surface area contributed by atoms with Gasteiger partial charge in [-0.25, -0.2) is 15.0 Å². The maximum Gasteiger partial charge on any atom is 0.167 e. The smallest absolute Gasteiger partial charge is 0.167 e. The zero-order valence-electron chi connectivity index (χ0n) is 17.5. The van der Waals surface area contributed by atoms with E-state index in [4.69, 9.17) is 14.2 Å². The van der Waals surface area contributed by atoms with E-state index >= 15 is 0 Å². The van der Waals surface area contributed by atoms with E-state index < -0.39 is 24.5 Å². The van der Waals surface area contributed by atoms with E-state index in [0.29, 0.717) is 29.3 Å². The van der Waals surface area contributed by atoms with E-state index in [1.165, 1.54) is 6.33 Å². The molecule has 3 aromatic rings. The Morgan fingerprint density at radius 2 is 2.03 bits per heavy atom. The van der Waals surface area contributed by atoms with Gasteiger partial charge in [-0.1, -0.05) is 0 Å². The quantitative estimate of drug-likeness (QED) is 0.447. The summed E-state index contributed by atoms with van der Waals surface area (Å²) in [7, 11) is 1.62. The molecule has 2 saturated heterocycles. The molecule has 0 radical (unpaired) electrons. The average Bonchev–Trinajstić information content (AvgIpc) is 3.54. The highest BCUT2D eigenvalue weighted by Crippen LogP contribution is 2.35. The summed E-state index contributed by atoms with van der Waals surface area (Å²) in [6, 6.07) is 7.83. The molecule has 2 aliphatic heterocycles. The van der Waals surface area contributed by atoms with Gasteiger partial charge in [0, 0.05) is 17.3 Å². The van der Waals surface area contributed by atoms with Gasteiger partial charge in [0.25, 0.3) is 0 Å². The summed E-state index contributed by atoms with van der Waals surface area (Å²) in [6.45, 7) is 1.34. The number of aliphatic hydroxyl groups excluding tert-OH is 2. The number of methoxy groups -OCH3 is 1. The second-order valence-corrected chi connectivity index (χ2v) is 8.88. The Labute approximate surface area is 188 Å². The van der Waals surface area contributed by atoms with Crippen LogP contribution in [-0.2, 0) is 9.47 Å². The van der Waals surface area contributed by atoms with Crippen LogP contribution in [0, 0.1) is 0 Å². The van der Waals surface area contributed by atoms with Crippen molar-refractivity contribution in [1.29, 1.82) is 0 Å². The van der Waals surface area contributed by atoms with Gasteiger partial charge in [0.2, 0.25) is 0 Å². The Bertz CT molecular complexity index is 1060. The first-order valence-corrected chi connectivity index (χ1v) is 11.4. The van der Waals surface area contributed by atoms with Gasteiger partial charge < -0.3 is 29.7 Å². The normalized spacial score (nSPS) is 27.8. The number of anilines is 1. The summed E-state index contributed by atoms with van der Waals surface area (Å²) in [5, 5.41) is 24.6. The van der Waals surface area contributed by atoms with Crippen molar-refractivity contribution in [2.24, 2.45) is 0 Å². The lowest BCUT2D eigenvalue weighted by Crippen LogP contribution is -2.32. The minimum Gasteiger partial charge on any atom is -0.497 e. The Kier molecular flexibility index (Phi) is 6.15. The highest BCUT2D eigenvalue weighted by atomic mass is 32.2. The lowest BCUT2D eigenvalue weighted by molar-refractivity contribution is -0.0289. The number of hydrogen-bond acceptors (Lipinski definition) is 10. The third kappa shape index (κ3) is 4.14. The molecule has 5 rings (SSSR count). The van der Waals surface area contributed by atoms with Crippen molar-refractivity contribution >= 4 is 28.7 Å². The summed E-state index contributed by atoms with van der Waals surface area (Å²) < 4.78 is 18.3. The van der Waals surface area contributed by atoms with E-state index in [2.05, 4.69) is 20.3 Å². The molecule has 170 valence electrons. The number of benzene rings is 1. The summed E-state index contributed by atoms with van der Waals surface area (Å²) in [4.78, 5) is 14.1. The fourth-order valence-electron chi connectivity index (χ4n) is 3.93. The van der Waals surface area contributed by atoms with Gasteiger partial charge in [-0.3, -0.25) is 4.57 Å². The average molecular weight is 460 g/mol. The van der Waals surface area contributed by atoms with Gasteiger partial charge in [-0.05, 0) is 30.7 Å². The van der Waals surface area contributed by atoms with Crippen LogP contribution < -0.4 is 10.1 Å². The molecule has 5 atom stereocenters. The third-order valence-electron chi connectivity index (χ3n) is 5.71. The van der Waals surface area contributed by atoms with E-state index in [0.717, 1.165) is 23.7 Å². The second kappa shape index (κ2) is 9.20. The minimum absolute atomic E-state index is 0.174. The summed E-state index contributed by atoms with van der Waals surface area (Å²) in [6.07, 6.45) is 0.435. The van der Waals surface area contributed by atoms with E-state index in [1.54, 1.807) is 29.8 Å². The predicted molar refractivity (Wildman–Crippen MR) is 118 cm³/mol. The van der Waals surface area contributed by atoms with Gasteiger partial charge in [-0.15, -0.1) is 11.8 Å². The monoisotopic (exact) mass is 459 g/mol. The summed E-state index contributed by atoms with van der Waals surface area (Å²) >= 11 is 1.54. The molecule has 4 heterocycles. The molecule has 2 aromatic heterocycles. The van der Waals surface area contributed by atoms with Crippen LogP contribution in [0.5, 0.6) is 5.75 Å². The van der Waals surface area contributed by atoms with Gasteiger partial charge in [0.1, 0.15) is 24.3 Å². The molecule has 0 unspecified atom stereocenters. The second-order valence-electron chi connectivity index (χ2n) is 7.78. The number of aromatic nitrogens is 4. The lowest BCUT2D eigenvalue weighted by atomic mass is 10.1. The van der Waals surface area contributed by atoms with Crippen LogP contribution in [0.15, 0.2) is 41.8 Å². The number of ether oxygens (including phenoxy) is 3. The van der Waals surface area contributed by atoms with Crippen molar-refractivity contribution in [1.82, 2.24) is 19.5 Å². The van der Waals surface area contributed by atoms with Crippen molar-refractivity contribution in [3.05, 3.63) is 36.9 Å². The first-order valence-electron chi connectivity index (χ1n) is 10.4. The van der Waals surface area contributed by atoms with Crippen LogP contribution in [0.1, 0.15) is 12.6 Å². The van der Waals surface area contributed by atoms with Crippen LogP contribution in [0.4, 0.5) is 5.82 Å². The molecule has 0 saturated carbocycles. The van der Waals surface area contributed by atoms with E-state index in [9.17, 15) is 10.2 Å². The standard InChI is InChI=1S/C21H25N5O5S/c1-29-13-2-4-14(5-3-13)32-9-15-17(27)18(28)21(31-15)26-11-24-16-19(22-10-23-20(16)26)25-12-6-7-30-8-12/h2-5,10-12,15,17-18,21,27-28H,6-9H2,1H3,(H,22,23,25)/t12-,15-,17-,18-,21-/m1/s1. The Hall–Kier alpha value is -2.44. The van der Waals surface area contributed by atoms with Crippen LogP contribution >= 0.6 is 11.8 Å². The largest absolute Gasteiger partial charge is 0.497 e. The number of nitrogens with one attached hydrogen (secondary N) is 1. The first kappa shape index (κ1) is 21.4. The van der Waals surface area contributed by atoms with Crippen molar-refractivity contribution < 1.29 is 24.4 Å². The minimum atomic E-state index is -1.11. The zero-order valence-corrected chi connectivity index (χ0v) is 18.3. The SMILES string of the molecule is COc1ccc(SC[C@H]2O[C@@H](n3cnc4c(N[C@@H]5CCOC5)ncnc43)[C@H](O)[C@@H]2O)cc1. The number of imidazole rings is 1. The van der Waals surface area contributed by atoms with Crippen molar-refractivity contribution in [3.63, 3.8) is 0 Å². The maximum absolute atomic E-state index is 10.7. The molecule has 32 heavy (non-hydrogen) atoms. The van der Waals surface area contributed by atoms with Crippen LogP contribution in [0.3, 0.4) is 0 Å². The lowest BCUT2D eigenvalue weighted by Gasteiger charge is -2.17. The molecule has 10 nitrogen and oxygen atoms in total. The highest BCUT2D eigenvalue weighted by Gasteiger charge is 2.44. The number of nitrogens with zero attached hydrogens (tertiary/aromatic N) is 4. The summed E-state index contributed by atoms with van der Waals surface area (Å²) in [5.41, 5.74) is 1.11. The van der Waals surface area contributed by atoms with Gasteiger partial charge in [0.15, 0.2) is 23.2 Å². The third-order valence-corrected chi connectivity index (χ3v) is 6.82. The van der Waals surface area contributed by atoms with Gasteiger partial charge >= 0.3 is 0 Å². The molecular formula is C21H25N5O5S. The zero-order chi connectivity index (χ0) is 22.1. The van der Waals surface area contributed by atoms with Gasteiger partial charge in [-0.2, -0.15) is 0 Å². The molecule has 0 amide bonds. The Morgan fingerprint density at radius 1 is 1.19 bits per heavy atom. The number of aliphatic hydroxyl groups is 2. The van der Waals surface area contributed by atoms with Crippen molar-refractivity contribution in [3.8, 4) is 5.75 Å². The van der Waals surface area contributed by atoms with E-state index in [1.807, 2.05) is 24.3 Å². The van der Waals surface area contributed by atoms with Gasteiger partial charge in [0.05, 0.1) is 32.2 Å². The fraction of sp³-hybridized carbons (Fsp3) is 0.476. The van der Waals surface area contributed by atoms with E-state index in [-0.39, 0.29) is 6.04 Å². The Balaban J connectivity index is 1.31. The molecule has 3 N–H and O–H groups in total. The molecular weight excluding hydrogens is 434 g/mol. The molecule has 2 aliphatic rings. The van der Waals surface area contributed by atoms with Crippen LogP contribution in [0.2, 0.25) is 0 Å². The fourth-order valence-corrected chi connectivity index (χ4v) is 4.89. The number of hydrogen-bond donors (Lipinski definition) is 3. The van der Waals surface area contributed by atoms with Crippen LogP contribution in [0.25, 0.3) is 11.2 Å². The number of thioether (sulfide) groups is 1.